The summed E-state index contributed by atoms with van der Waals surface area (Å²) in [6, 6.07) is 5.69. The normalized spacial score (nSPS) is 17.1. The lowest BCUT2D eigenvalue weighted by molar-refractivity contribution is 0.327. The minimum Gasteiger partial charge on any atom is -0.458 e. The van der Waals surface area contributed by atoms with E-state index in [4.69, 9.17) is 9.47 Å². The van der Waals surface area contributed by atoms with Crippen LogP contribution in [0.3, 0.4) is 0 Å². The van der Waals surface area contributed by atoms with Crippen LogP contribution in [0, 0.1) is 0 Å². The van der Waals surface area contributed by atoms with Crippen molar-refractivity contribution in [3.63, 3.8) is 0 Å². The monoisotopic (exact) mass is 246 g/mol. The third kappa shape index (κ3) is 1.60. The van der Waals surface area contributed by atoms with Gasteiger partial charge in [-0.05, 0) is 19.1 Å². The molecule has 3 rings (SSSR count). The van der Waals surface area contributed by atoms with E-state index in [9.17, 15) is 5.11 Å². The van der Waals surface area contributed by atoms with E-state index in [0.29, 0.717) is 18.2 Å². The predicted octanol–water partition coefficient (Wildman–Crippen LogP) is 1.52. The van der Waals surface area contributed by atoms with E-state index in [1.807, 2.05) is 30.0 Å². The lowest BCUT2D eigenvalue weighted by Crippen LogP contribution is -2.25. The molecule has 0 saturated heterocycles. The number of aliphatic hydroxyl groups is 1. The fourth-order valence-electron chi connectivity index (χ4n) is 2.16. The highest BCUT2D eigenvalue weighted by Crippen LogP contribution is 2.41. The molecule has 2 aliphatic heterocycles. The molecule has 2 aliphatic rings. The second kappa shape index (κ2) is 4.27. The van der Waals surface area contributed by atoms with E-state index in [0.717, 1.165) is 17.1 Å². The number of rotatable bonds is 2. The summed E-state index contributed by atoms with van der Waals surface area (Å²) in [5.74, 6) is 1.35. The number of hydrogen-bond acceptors (Lipinski definition) is 5. The van der Waals surface area contributed by atoms with Crippen LogP contribution >= 0.6 is 0 Å². The number of nitrogens with zero attached hydrogens (tertiary/aromatic N) is 1. The Balaban J connectivity index is 2.04. The Morgan fingerprint density at radius 3 is 3.00 bits per heavy atom. The van der Waals surface area contributed by atoms with Gasteiger partial charge in [0.2, 0.25) is 0 Å². The van der Waals surface area contributed by atoms with Gasteiger partial charge in [-0.1, -0.05) is 6.07 Å². The van der Waals surface area contributed by atoms with Gasteiger partial charge in [-0.3, -0.25) is 0 Å². The van der Waals surface area contributed by atoms with E-state index in [1.165, 1.54) is 12.5 Å². The highest BCUT2D eigenvalue weighted by molar-refractivity contribution is 5.69. The van der Waals surface area contributed by atoms with Crippen molar-refractivity contribution in [2.24, 2.45) is 0 Å². The van der Waals surface area contributed by atoms with E-state index in [1.54, 1.807) is 0 Å². The van der Waals surface area contributed by atoms with Crippen molar-refractivity contribution in [1.29, 1.82) is 0 Å². The molecular weight excluding hydrogens is 232 g/mol. The number of allylic oxidation sites excluding steroid dienone is 1. The fourth-order valence-corrected chi connectivity index (χ4v) is 2.16. The van der Waals surface area contributed by atoms with Crippen molar-refractivity contribution >= 4 is 5.69 Å². The first kappa shape index (κ1) is 11.0. The van der Waals surface area contributed by atoms with Crippen LogP contribution in [0.15, 0.2) is 42.1 Å². The highest BCUT2D eigenvalue weighted by atomic mass is 16.5. The van der Waals surface area contributed by atoms with Crippen molar-refractivity contribution < 1.29 is 14.6 Å². The first-order chi connectivity index (χ1) is 8.81. The molecule has 0 fully saturated rings. The van der Waals surface area contributed by atoms with Crippen molar-refractivity contribution in [2.75, 3.05) is 18.2 Å². The van der Waals surface area contributed by atoms with Gasteiger partial charge >= 0.3 is 0 Å². The molecule has 0 amide bonds. The number of aliphatic hydroxyl groups excluding tert-OH is 1. The first-order valence-corrected chi connectivity index (χ1v) is 5.74. The first-order valence-electron chi connectivity index (χ1n) is 5.74. The van der Waals surface area contributed by atoms with Gasteiger partial charge in [-0.2, -0.15) is 0 Å². The molecule has 2 heterocycles. The van der Waals surface area contributed by atoms with Crippen molar-refractivity contribution in [3.8, 4) is 11.5 Å². The maximum Gasteiger partial charge on any atom is 0.192 e. The number of ether oxygens (including phenoxy) is 2. The molecule has 0 bridgehead atoms. The van der Waals surface area contributed by atoms with Gasteiger partial charge < -0.3 is 24.8 Å². The number of anilines is 1. The Hall–Kier alpha value is -2.14. The molecule has 0 spiro atoms. The Morgan fingerprint density at radius 2 is 2.17 bits per heavy atom. The van der Waals surface area contributed by atoms with Gasteiger partial charge in [0.05, 0.1) is 24.7 Å². The van der Waals surface area contributed by atoms with Crippen LogP contribution < -0.4 is 19.7 Å². The molecule has 2 N–H and O–H groups in total. The molecule has 1 aromatic rings. The maximum atomic E-state index is 9.45. The number of fused-ring (bicyclic) bond motifs is 1. The van der Waals surface area contributed by atoms with Gasteiger partial charge in [0.15, 0.2) is 11.5 Å². The fraction of sp³-hybridized carbons (Fsp3) is 0.231. The maximum absolute atomic E-state index is 9.45. The van der Waals surface area contributed by atoms with Crippen molar-refractivity contribution in [2.45, 2.75) is 6.92 Å². The Labute approximate surface area is 105 Å². The molecule has 0 atom stereocenters. The van der Waals surface area contributed by atoms with Crippen LogP contribution in [0.1, 0.15) is 6.92 Å². The summed E-state index contributed by atoms with van der Waals surface area (Å²) in [4.78, 5) is 1.98. The minimum absolute atomic E-state index is 0.0147. The average Bonchev–Trinajstić information content (AvgIpc) is 2.79. The third-order valence-electron chi connectivity index (χ3n) is 3.10. The standard InChI is InChI=1S/C13H14N2O3/c1-9-11(7-16)15(8-14-9)10-3-2-4-12-13(10)18-6-5-17-12/h2-6,14,16H,7-8H2,1H3. The molecule has 1 aromatic carbocycles. The lowest BCUT2D eigenvalue weighted by atomic mass is 10.2. The third-order valence-corrected chi connectivity index (χ3v) is 3.10. The number of hydrogen-bond donors (Lipinski definition) is 2. The SMILES string of the molecule is CC1=C(CO)N(c2cccc3c2OC=CO3)CN1. The van der Waals surface area contributed by atoms with Gasteiger partial charge in [-0.15, -0.1) is 0 Å². The van der Waals surface area contributed by atoms with Crippen LogP contribution in [-0.4, -0.2) is 18.4 Å². The average molecular weight is 246 g/mol. The number of nitrogens with one attached hydrogen (secondary N) is 1. The van der Waals surface area contributed by atoms with Gasteiger partial charge in [0, 0.05) is 5.70 Å². The Morgan fingerprint density at radius 1 is 1.33 bits per heavy atom. The van der Waals surface area contributed by atoms with Gasteiger partial charge in [-0.25, -0.2) is 0 Å². The summed E-state index contributed by atoms with van der Waals surface area (Å²) >= 11 is 0. The Bertz CT molecular complexity index is 537. The van der Waals surface area contributed by atoms with E-state index >= 15 is 0 Å². The molecule has 0 saturated carbocycles. The molecule has 5 nitrogen and oxygen atoms in total. The van der Waals surface area contributed by atoms with Crippen molar-refractivity contribution in [1.82, 2.24) is 5.32 Å². The second-order valence-electron chi connectivity index (χ2n) is 4.10. The number of benzene rings is 1. The molecule has 0 aliphatic carbocycles. The van der Waals surface area contributed by atoms with E-state index < -0.39 is 0 Å². The summed E-state index contributed by atoms with van der Waals surface area (Å²) in [6.45, 7) is 2.54. The molecule has 0 unspecified atom stereocenters. The molecule has 0 radical (unpaired) electrons. The van der Waals surface area contributed by atoms with Crippen LogP contribution in [0.2, 0.25) is 0 Å². The summed E-state index contributed by atoms with van der Waals surface area (Å²) in [7, 11) is 0. The zero-order valence-corrected chi connectivity index (χ0v) is 10.0. The second-order valence-corrected chi connectivity index (χ2v) is 4.10. The number of para-hydroxylation sites is 1. The van der Waals surface area contributed by atoms with E-state index in [-0.39, 0.29) is 6.61 Å². The molecule has 0 aromatic heterocycles. The highest BCUT2D eigenvalue weighted by Gasteiger charge is 2.25. The van der Waals surface area contributed by atoms with Crippen LogP contribution in [0.4, 0.5) is 5.69 Å². The van der Waals surface area contributed by atoms with Crippen molar-refractivity contribution in [3.05, 3.63) is 42.1 Å². The van der Waals surface area contributed by atoms with Crippen LogP contribution in [0.25, 0.3) is 0 Å². The van der Waals surface area contributed by atoms with Gasteiger partial charge in [0.1, 0.15) is 12.5 Å². The summed E-state index contributed by atoms with van der Waals surface area (Å²) in [5.41, 5.74) is 2.70. The molecular formula is C13H14N2O3. The molecule has 18 heavy (non-hydrogen) atoms. The molecule has 5 heteroatoms. The summed E-state index contributed by atoms with van der Waals surface area (Å²) in [5, 5.41) is 12.7. The largest absolute Gasteiger partial charge is 0.458 e. The zero-order chi connectivity index (χ0) is 12.5. The van der Waals surface area contributed by atoms with Crippen LogP contribution in [-0.2, 0) is 0 Å². The smallest absolute Gasteiger partial charge is 0.192 e. The molecule has 94 valence electrons. The predicted molar refractivity (Wildman–Crippen MR) is 67.1 cm³/mol. The van der Waals surface area contributed by atoms with Crippen LogP contribution in [0.5, 0.6) is 11.5 Å². The Kier molecular flexibility index (Phi) is 2.60. The summed E-state index contributed by atoms with van der Waals surface area (Å²) < 4.78 is 10.9. The summed E-state index contributed by atoms with van der Waals surface area (Å²) in [6.07, 6.45) is 3.01. The minimum atomic E-state index is -0.0147. The quantitative estimate of drug-likeness (QED) is 0.828. The van der Waals surface area contributed by atoms with E-state index in [2.05, 4.69) is 5.32 Å². The zero-order valence-electron chi connectivity index (χ0n) is 10.0. The lowest BCUT2D eigenvalue weighted by Gasteiger charge is -2.24. The van der Waals surface area contributed by atoms with Gasteiger partial charge in [0.25, 0.3) is 0 Å². The topological polar surface area (TPSA) is 54.0 Å².